The number of carbonyl (C=O) groups is 1. The Labute approximate surface area is 199 Å². The molecule has 0 unspecified atom stereocenters. The Morgan fingerprint density at radius 3 is 2.91 bits per heavy atom. The van der Waals surface area contributed by atoms with Crippen molar-refractivity contribution in [1.29, 1.82) is 0 Å². The van der Waals surface area contributed by atoms with Crippen molar-refractivity contribution in [3.05, 3.63) is 64.6 Å². The summed E-state index contributed by atoms with van der Waals surface area (Å²) in [6.45, 7) is 2.94. The number of methoxy groups -OCH3 is 1. The number of aromatic nitrogens is 2. The van der Waals surface area contributed by atoms with E-state index in [0.29, 0.717) is 11.6 Å². The van der Waals surface area contributed by atoms with Gasteiger partial charge in [0.05, 0.1) is 36.7 Å². The lowest BCUT2D eigenvalue weighted by Crippen LogP contribution is -2.33. The number of nitrogens with zero attached hydrogens (tertiary/aromatic N) is 3. The first-order valence-corrected chi connectivity index (χ1v) is 11.3. The Bertz CT molecular complexity index is 1180. The standard InChI is InChI=1S/C24H24BrFN4O3/c1-14-10-16(13-31)30(12-14)20-11-15(25)6-7-18(20)29-24(32)19-8-9-27-23(28-19)22-17(26)4-3-5-21(22)33-2/h3-9,11,14,16,31H,10,12-13H2,1-2H3,(H,29,32)/t14-,16-/m0/s1. The summed E-state index contributed by atoms with van der Waals surface area (Å²) in [7, 11) is 1.43. The molecular weight excluding hydrogens is 491 g/mol. The largest absolute Gasteiger partial charge is 0.496 e. The number of anilines is 2. The molecule has 2 aromatic carbocycles. The van der Waals surface area contributed by atoms with Crippen LogP contribution in [-0.2, 0) is 0 Å². The summed E-state index contributed by atoms with van der Waals surface area (Å²) in [5, 5.41) is 12.8. The molecule has 4 rings (SSSR count). The quantitative estimate of drug-likeness (QED) is 0.503. The van der Waals surface area contributed by atoms with Crippen LogP contribution in [0.5, 0.6) is 5.75 Å². The normalized spacial score (nSPS) is 17.8. The van der Waals surface area contributed by atoms with Crippen LogP contribution in [0.3, 0.4) is 0 Å². The smallest absolute Gasteiger partial charge is 0.274 e. The highest BCUT2D eigenvalue weighted by Gasteiger charge is 2.31. The molecule has 2 N–H and O–H groups in total. The number of hydrogen-bond donors (Lipinski definition) is 2. The molecule has 0 bridgehead atoms. The first kappa shape index (κ1) is 23.1. The van der Waals surface area contributed by atoms with E-state index in [1.165, 1.54) is 31.5 Å². The Balaban J connectivity index is 1.65. The van der Waals surface area contributed by atoms with Crippen molar-refractivity contribution >= 4 is 33.2 Å². The second kappa shape index (κ2) is 9.84. The first-order chi connectivity index (χ1) is 15.9. The van der Waals surface area contributed by atoms with E-state index < -0.39 is 11.7 Å². The molecule has 0 aliphatic carbocycles. The van der Waals surface area contributed by atoms with Gasteiger partial charge in [-0.15, -0.1) is 0 Å². The van der Waals surface area contributed by atoms with E-state index in [1.54, 1.807) is 12.1 Å². The van der Waals surface area contributed by atoms with E-state index in [-0.39, 0.29) is 35.5 Å². The zero-order chi connectivity index (χ0) is 23.5. The lowest BCUT2D eigenvalue weighted by atomic mass is 10.1. The molecule has 1 aliphatic rings. The average Bonchev–Trinajstić information content (AvgIpc) is 3.20. The van der Waals surface area contributed by atoms with Gasteiger partial charge in [0.2, 0.25) is 0 Å². The summed E-state index contributed by atoms with van der Waals surface area (Å²) in [6, 6.07) is 11.4. The number of aliphatic hydroxyl groups excluding tert-OH is 1. The van der Waals surface area contributed by atoms with Gasteiger partial charge in [-0.3, -0.25) is 4.79 Å². The zero-order valence-electron chi connectivity index (χ0n) is 18.3. The van der Waals surface area contributed by atoms with Gasteiger partial charge in [0.25, 0.3) is 5.91 Å². The molecule has 1 saturated heterocycles. The lowest BCUT2D eigenvalue weighted by molar-refractivity contribution is 0.102. The predicted octanol–water partition coefficient (Wildman–Crippen LogP) is 4.51. The zero-order valence-corrected chi connectivity index (χ0v) is 19.8. The summed E-state index contributed by atoms with van der Waals surface area (Å²) in [5.41, 5.74) is 1.59. The number of ether oxygens (including phenoxy) is 1. The molecule has 0 spiro atoms. The van der Waals surface area contributed by atoms with Crippen molar-refractivity contribution in [3.8, 4) is 17.1 Å². The lowest BCUT2D eigenvalue weighted by Gasteiger charge is -2.28. The number of benzene rings is 2. The van der Waals surface area contributed by atoms with Crippen molar-refractivity contribution in [2.24, 2.45) is 5.92 Å². The molecule has 7 nitrogen and oxygen atoms in total. The minimum atomic E-state index is -0.541. The fraction of sp³-hybridized carbons (Fsp3) is 0.292. The monoisotopic (exact) mass is 514 g/mol. The number of halogens is 2. The van der Waals surface area contributed by atoms with Crippen LogP contribution in [-0.4, -0.2) is 47.3 Å². The molecule has 1 aromatic heterocycles. The van der Waals surface area contributed by atoms with Crippen molar-refractivity contribution in [1.82, 2.24) is 9.97 Å². The molecular formula is C24H24BrFN4O3. The van der Waals surface area contributed by atoms with E-state index in [9.17, 15) is 14.3 Å². The van der Waals surface area contributed by atoms with Gasteiger partial charge in [-0.05, 0) is 48.7 Å². The number of aliphatic hydroxyl groups is 1. The van der Waals surface area contributed by atoms with Crippen molar-refractivity contribution in [3.63, 3.8) is 0 Å². The fourth-order valence-corrected chi connectivity index (χ4v) is 4.50. The predicted molar refractivity (Wildman–Crippen MR) is 128 cm³/mol. The van der Waals surface area contributed by atoms with Crippen LogP contribution in [0.2, 0.25) is 0 Å². The minimum Gasteiger partial charge on any atom is -0.496 e. The topological polar surface area (TPSA) is 87.6 Å². The van der Waals surface area contributed by atoms with Crippen LogP contribution >= 0.6 is 15.9 Å². The molecule has 3 aromatic rings. The molecule has 1 aliphatic heterocycles. The Morgan fingerprint density at radius 2 is 2.15 bits per heavy atom. The van der Waals surface area contributed by atoms with Crippen LogP contribution in [0.15, 0.2) is 53.1 Å². The summed E-state index contributed by atoms with van der Waals surface area (Å²) in [4.78, 5) is 23.6. The summed E-state index contributed by atoms with van der Waals surface area (Å²) in [6.07, 6.45) is 2.28. The molecule has 172 valence electrons. The highest BCUT2D eigenvalue weighted by molar-refractivity contribution is 9.10. The molecule has 0 radical (unpaired) electrons. The van der Waals surface area contributed by atoms with Gasteiger partial charge in [-0.1, -0.05) is 28.9 Å². The van der Waals surface area contributed by atoms with Gasteiger partial charge in [-0.25, -0.2) is 14.4 Å². The number of amides is 1. The Hall–Kier alpha value is -3.04. The molecule has 9 heteroatoms. The van der Waals surface area contributed by atoms with Gasteiger partial charge in [-0.2, -0.15) is 0 Å². The molecule has 2 atom stereocenters. The molecule has 2 heterocycles. The number of hydrogen-bond acceptors (Lipinski definition) is 6. The van der Waals surface area contributed by atoms with Gasteiger partial charge in [0.15, 0.2) is 5.82 Å². The second-order valence-corrected chi connectivity index (χ2v) is 8.94. The van der Waals surface area contributed by atoms with Crippen LogP contribution in [0.25, 0.3) is 11.4 Å². The van der Waals surface area contributed by atoms with Crippen LogP contribution in [0, 0.1) is 11.7 Å². The maximum atomic E-state index is 14.5. The number of nitrogens with one attached hydrogen (secondary N) is 1. The third kappa shape index (κ3) is 4.84. The Kier molecular flexibility index (Phi) is 6.90. The molecule has 1 amide bonds. The molecule has 33 heavy (non-hydrogen) atoms. The summed E-state index contributed by atoms with van der Waals surface area (Å²) in [5.74, 6) is -0.237. The van der Waals surface area contributed by atoms with Crippen LogP contribution in [0.4, 0.5) is 15.8 Å². The van der Waals surface area contributed by atoms with E-state index >= 15 is 0 Å². The third-order valence-electron chi connectivity index (χ3n) is 5.66. The summed E-state index contributed by atoms with van der Waals surface area (Å²) < 4.78 is 20.6. The first-order valence-electron chi connectivity index (χ1n) is 10.6. The Morgan fingerprint density at radius 1 is 1.33 bits per heavy atom. The number of carbonyl (C=O) groups excluding carboxylic acids is 1. The minimum absolute atomic E-state index is 0.0240. The molecule has 0 saturated carbocycles. The van der Waals surface area contributed by atoms with Gasteiger partial charge in [0, 0.05) is 17.2 Å². The number of rotatable bonds is 6. The SMILES string of the molecule is COc1cccc(F)c1-c1nccc(C(=O)Nc2ccc(Br)cc2N2C[C@@H](C)C[C@H]2CO)n1. The van der Waals surface area contributed by atoms with Crippen molar-refractivity contribution < 1.29 is 19.0 Å². The fourth-order valence-electron chi connectivity index (χ4n) is 4.15. The molecule has 1 fully saturated rings. The maximum Gasteiger partial charge on any atom is 0.274 e. The highest BCUT2D eigenvalue weighted by atomic mass is 79.9. The van der Waals surface area contributed by atoms with E-state index in [0.717, 1.165) is 23.1 Å². The van der Waals surface area contributed by atoms with Gasteiger partial charge in [0.1, 0.15) is 17.3 Å². The highest BCUT2D eigenvalue weighted by Crippen LogP contribution is 2.36. The van der Waals surface area contributed by atoms with Crippen molar-refractivity contribution in [2.75, 3.05) is 30.5 Å². The third-order valence-corrected chi connectivity index (χ3v) is 6.15. The van der Waals surface area contributed by atoms with E-state index in [1.807, 2.05) is 12.1 Å². The van der Waals surface area contributed by atoms with E-state index in [4.69, 9.17) is 4.74 Å². The second-order valence-electron chi connectivity index (χ2n) is 8.03. The van der Waals surface area contributed by atoms with Crippen molar-refractivity contribution in [2.45, 2.75) is 19.4 Å². The maximum absolute atomic E-state index is 14.5. The van der Waals surface area contributed by atoms with E-state index in [2.05, 4.69) is 43.0 Å². The van der Waals surface area contributed by atoms with Gasteiger partial charge >= 0.3 is 0 Å². The van der Waals surface area contributed by atoms with Crippen LogP contribution in [0.1, 0.15) is 23.8 Å². The van der Waals surface area contributed by atoms with Gasteiger partial charge < -0.3 is 20.1 Å². The summed E-state index contributed by atoms with van der Waals surface area (Å²) >= 11 is 3.50. The van der Waals surface area contributed by atoms with Crippen LogP contribution < -0.4 is 15.0 Å². The average molecular weight is 515 g/mol.